The van der Waals surface area contributed by atoms with Crippen molar-refractivity contribution in [2.45, 2.75) is 25.8 Å². The average Bonchev–Trinajstić information content (AvgIpc) is 2.87. The van der Waals surface area contributed by atoms with Gasteiger partial charge in [0.2, 0.25) is 0 Å². The maximum Gasteiger partial charge on any atom is 0.328 e. The number of benzene rings is 3. The molecule has 1 N–H and O–H groups in total. The molecule has 5 nitrogen and oxygen atoms in total. The summed E-state index contributed by atoms with van der Waals surface area (Å²) < 4.78 is 5.35. The van der Waals surface area contributed by atoms with E-state index in [0.29, 0.717) is 30.3 Å². The number of carbonyl (C=O) groups excluding carboxylic acids is 1. The fourth-order valence-electron chi connectivity index (χ4n) is 3.67. The number of nitrogens with zero attached hydrogens (tertiary/aromatic N) is 2. The second-order valence-corrected chi connectivity index (χ2v) is 8.29. The Labute approximate surface area is 204 Å². The molecule has 0 saturated heterocycles. The van der Waals surface area contributed by atoms with Crippen molar-refractivity contribution in [3.63, 3.8) is 0 Å². The number of rotatable bonds is 9. The second kappa shape index (κ2) is 11.4. The number of hydrogen-bond acceptors (Lipinski definition) is 5. The minimum atomic E-state index is -0.618. The number of nitrogens with one attached hydrogen (secondary N) is 1. The van der Waals surface area contributed by atoms with Crippen LogP contribution in [0.4, 0.5) is 5.82 Å². The summed E-state index contributed by atoms with van der Waals surface area (Å²) in [4.78, 5) is 22.4. The smallest absolute Gasteiger partial charge is 0.328 e. The van der Waals surface area contributed by atoms with Crippen molar-refractivity contribution in [3.05, 3.63) is 113 Å². The molecule has 0 saturated carbocycles. The highest BCUT2D eigenvalue weighted by Crippen LogP contribution is 2.23. The molecule has 0 spiro atoms. The van der Waals surface area contributed by atoms with Crippen molar-refractivity contribution in [1.82, 2.24) is 9.97 Å². The van der Waals surface area contributed by atoms with Gasteiger partial charge in [-0.05, 0) is 30.2 Å². The highest BCUT2D eigenvalue weighted by atomic mass is 35.5. The third-order valence-corrected chi connectivity index (χ3v) is 5.62. The van der Waals surface area contributed by atoms with Gasteiger partial charge in [0.05, 0.1) is 24.2 Å². The first-order chi connectivity index (χ1) is 16.6. The van der Waals surface area contributed by atoms with Crippen molar-refractivity contribution in [3.8, 4) is 11.3 Å². The Morgan fingerprint density at radius 3 is 2.29 bits per heavy atom. The SMILES string of the molecule is CCOC(=O)C(Cc1ccc(Cl)cc1)Nc1ncc(-c2ccccc2)nc1Cc1ccccc1. The summed E-state index contributed by atoms with van der Waals surface area (Å²) >= 11 is 6.03. The van der Waals surface area contributed by atoms with Gasteiger partial charge in [0, 0.05) is 23.4 Å². The molecule has 172 valence electrons. The van der Waals surface area contributed by atoms with Crippen LogP contribution in [0.2, 0.25) is 5.02 Å². The van der Waals surface area contributed by atoms with Gasteiger partial charge >= 0.3 is 5.97 Å². The number of hydrogen-bond donors (Lipinski definition) is 1. The van der Waals surface area contributed by atoms with Gasteiger partial charge < -0.3 is 10.1 Å². The quantitative estimate of drug-likeness (QED) is 0.304. The molecule has 34 heavy (non-hydrogen) atoms. The lowest BCUT2D eigenvalue weighted by Crippen LogP contribution is -2.34. The van der Waals surface area contributed by atoms with Gasteiger partial charge in [-0.2, -0.15) is 0 Å². The molecule has 0 aliphatic carbocycles. The van der Waals surface area contributed by atoms with Crippen molar-refractivity contribution in [2.75, 3.05) is 11.9 Å². The minimum absolute atomic E-state index is 0.299. The number of carbonyl (C=O) groups is 1. The molecule has 0 aliphatic rings. The number of anilines is 1. The lowest BCUT2D eigenvalue weighted by Gasteiger charge is -2.20. The average molecular weight is 472 g/mol. The Morgan fingerprint density at radius 2 is 1.62 bits per heavy atom. The van der Waals surface area contributed by atoms with E-state index in [9.17, 15) is 4.79 Å². The standard InChI is InChI=1S/C28H26ClN3O2/c1-2-34-28(33)25(18-21-13-15-23(29)16-14-21)32-27-24(17-20-9-5-3-6-10-20)31-26(19-30-27)22-11-7-4-8-12-22/h3-16,19,25H,2,17-18H2,1H3,(H,30,32). The first-order valence-corrected chi connectivity index (χ1v) is 11.6. The Morgan fingerprint density at radius 1 is 0.941 bits per heavy atom. The van der Waals surface area contributed by atoms with E-state index in [2.05, 4.69) is 22.4 Å². The van der Waals surface area contributed by atoms with E-state index in [-0.39, 0.29) is 5.97 Å². The third-order valence-electron chi connectivity index (χ3n) is 5.36. The molecule has 6 heteroatoms. The fourth-order valence-corrected chi connectivity index (χ4v) is 3.79. The van der Waals surface area contributed by atoms with Crippen LogP contribution in [0.5, 0.6) is 0 Å². The summed E-state index contributed by atoms with van der Waals surface area (Å²) in [5, 5.41) is 3.96. The zero-order valence-electron chi connectivity index (χ0n) is 18.9. The Kier molecular flexibility index (Phi) is 7.89. The van der Waals surface area contributed by atoms with E-state index in [0.717, 1.165) is 28.1 Å². The largest absolute Gasteiger partial charge is 0.464 e. The lowest BCUT2D eigenvalue weighted by atomic mass is 10.0. The van der Waals surface area contributed by atoms with E-state index in [1.807, 2.05) is 72.8 Å². The van der Waals surface area contributed by atoms with Crippen LogP contribution >= 0.6 is 11.6 Å². The predicted molar refractivity (Wildman–Crippen MR) is 136 cm³/mol. The molecule has 0 aliphatic heterocycles. The van der Waals surface area contributed by atoms with Crippen LogP contribution in [-0.2, 0) is 22.4 Å². The third kappa shape index (κ3) is 6.21. The maximum absolute atomic E-state index is 12.8. The molecule has 1 aromatic heterocycles. The first-order valence-electron chi connectivity index (χ1n) is 11.2. The summed E-state index contributed by atoms with van der Waals surface area (Å²) in [6.45, 7) is 2.10. The zero-order chi connectivity index (χ0) is 23.8. The van der Waals surface area contributed by atoms with E-state index in [1.54, 1.807) is 13.1 Å². The summed E-state index contributed by atoms with van der Waals surface area (Å²) in [7, 11) is 0. The van der Waals surface area contributed by atoms with Crippen molar-refractivity contribution < 1.29 is 9.53 Å². The van der Waals surface area contributed by atoms with Crippen LogP contribution in [0.3, 0.4) is 0 Å². The molecule has 4 aromatic rings. The molecule has 4 rings (SSSR count). The monoisotopic (exact) mass is 471 g/mol. The maximum atomic E-state index is 12.8. The summed E-state index contributed by atoms with van der Waals surface area (Å²) in [5.41, 5.74) is 4.60. The Balaban J connectivity index is 1.67. The summed E-state index contributed by atoms with van der Waals surface area (Å²) in [5.74, 6) is 0.229. The molecule has 0 bridgehead atoms. The topological polar surface area (TPSA) is 64.1 Å². The molecular formula is C28H26ClN3O2. The van der Waals surface area contributed by atoms with Gasteiger partial charge in [-0.25, -0.2) is 14.8 Å². The molecule has 0 fully saturated rings. The van der Waals surface area contributed by atoms with Gasteiger partial charge in [-0.1, -0.05) is 84.4 Å². The van der Waals surface area contributed by atoms with Crippen molar-refractivity contribution in [1.29, 1.82) is 0 Å². The molecule has 1 heterocycles. The number of esters is 1. The molecular weight excluding hydrogens is 446 g/mol. The van der Waals surface area contributed by atoms with E-state index >= 15 is 0 Å². The highest BCUT2D eigenvalue weighted by molar-refractivity contribution is 6.30. The van der Waals surface area contributed by atoms with Crippen LogP contribution in [0.1, 0.15) is 23.7 Å². The van der Waals surface area contributed by atoms with Crippen molar-refractivity contribution in [2.24, 2.45) is 0 Å². The summed E-state index contributed by atoms with van der Waals surface area (Å²) in [6, 6.07) is 26.8. The molecule has 1 atom stereocenters. The zero-order valence-corrected chi connectivity index (χ0v) is 19.7. The van der Waals surface area contributed by atoms with Crippen LogP contribution in [0.15, 0.2) is 91.1 Å². The number of ether oxygens (including phenoxy) is 1. The van der Waals surface area contributed by atoms with Gasteiger partial charge in [-0.3, -0.25) is 0 Å². The molecule has 1 unspecified atom stereocenters. The molecule has 0 radical (unpaired) electrons. The number of aromatic nitrogens is 2. The van der Waals surface area contributed by atoms with Gasteiger partial charge in [-0.15, -0.1) is 0 Å². The van der Waals surface area contributed by atoms with Gasteiger partial charge in [0.15, 0.2) is 0 Å². The highest BCUT2D eigenvalue weighted by Gasteiger charge is 2.23. The predicted octanol–water partition coefficient (Wildman–Crippen LogP) is 5.97. The number of halogens is 1. The summed E-state index contributed by atoms with van der Waals surface area (Å²) in [6.07, 6.45) is 2.74. The van der Waals surface area contributed by atoms with Crippen molar-refractivity contribution >= 4 is 23.4 Å². The van der Waals surface area contributed by atoms with Gasteiger partial charge in [0.25, 0.3) is 0 Å². The van der Waals surface area contributed by atoms with E-state index in [4.69, 9.17) is 21.3 Å². The fraction of sp³-hybridized carbons (Fsp3) is 0.179. The van der Waals surface area contributed by atoms with Crippen LogP contribution in [-0.4, -0.2) is 28.6 Å². The van der Waals surface area contributed by atoms with Crippen LogP contribution in [0.25, 0.3) is 11.3 Å². The Bertz CT molecular complexity index is 1220. The van der Waals surface area contributed by atoms with E-state index < -0.39 is 6.04 Å². The van der Waals surface area contributed by atoms with Gasteiger partial charge in [0.1, 0.15) is 11.9 Å². The Hall–Kier alpha value is -3.70. The second-order valence-electron chi connectivity index (χ2n) is 7.86. The minimum Gasteiger partial charge on any atom is -0.464 e. The molecule has 0 amide bonds. The first kappa shape index (κ1) is 23.5. The molecule has 3 aromatic carbocycles. The normalized spacial score (nSPS) is 11.6. The lowest BCUT2D eigenvalue weighted by molar-refractivity contribution is -0.144. The van der Waals surface area contributed by atoms with Crippen LogP contribution in [0, 0.1) is 0 Å². The van der Waals surface area contributed by atoms with Crippen LogP contribution < -0.4 is 5.32 Å². The van der Waals surface area contributed by atoms with E-state index in [1.165, 1.54) is 0 Å².